The van der Waals surface area contributed by atoms with Crippen molar-refractivity contribution in [3.05, 3.63) is 29.3 Å². The highest BCUT2D eigenvalue weighted by molar-refractivity contribution is 7.99. The van der Waals surface area contributed by atoms with E-state index in [2.05, 4.69) is 0 Å². The summed E-state index contributed by atoms with van der Waals surface area (Å²) in [5, 5.41) is 8.52. The number of halogens is 2. The first-order valence-corrected chi connectivity index (χ1v) is 5.35. The van der Waals surface area contributed by atoms with Gasteiger partial charge in [-0.2, -0.15) is 0 Å². The molecule has 0 heterocycles. The van der Waals surface area contributed by atoms with Crippen LogP contribution < -0.4 is 0 Å². The van der Waals surface area contributed by atoms with Crippen molar-refractivity contribution in [2.45, 2.75) is 11.3 Å². The maximum atomic E-state index is 13.2. The third-order valence-corrected chi connectivity index (χ3v) is 2.88. The largest absolute Gasteiger partial charge is 0.396 e. The molecule has 5 heteroatoms. The predicted octanol–water partition coefficient (Wildman–Crippen LogP) is 2.25. The summed E-state index contributed by atoms with van der Waals surface area (Å²) in [6.07, 6.45) is 0.868. The summed E-state index contributed by atoms with van der Waals surface area (Å²) in [7, 11) is 0. The highest BCUT2D eigenvalue weighted by atomic mass is 32.2. The molecule has 0 spiro atoms. The Morgan fingerprint density at radius 1 is 1.33 bits per heavy atom. The zero-order chi connectivity index (χ0) is 11.3. The monoisotopic (exact) mass is 232 g/mol. The Morgan fingerprint density at radius 3 is 2.40 bits per heavy atom. The fraction of sp³-hybridized carbons (Fsp3) is 0.300. The van der Waals surface area contributed by atoms with Gasteiger partial charge in [-0.15, -0.1) is 11.8 Å². The van der Waals surface area contributed by atoms with Gasteiger partial charge in [0.25, 0.3) is 0 Å². The van der Waals surface area contributed by atoms with Gasteiger partial charge in [-0.3, -0.25) is 4.79 Å². The number of aldehydes is 1. The third-order valence-electron chi connectivity index (χ3n) is 1.71. The summed E-state index contributed by atoms with van der Waals surface area (Å²) in [5.74, 6) is -1.04. The maximum absolute atomic E-state index is 13.2. The number of hydrogen-bond acceptors (Lipinski definition) is 3. The molecule has 82 valence electrons. The van der Waals surface area contributed by atoms with Crippen LogP contribution in [0, 0.1) is 11.6 Å². The van der Waals surface area contributed by atoms with Crippen molar-refractivity contribution in [3.8, 4) is 0 Å². The van der Waals surface area contributed by atoms with Crippen molar-refractivity contribution in [2.24, 2.45) is 0 Å². The Balaban J connectivity index is 2.83. The first kappa shape index (κ1) is 12.1. The van der Waals surface area contributed by atoms with Crippen LogP contribution in [0.4, 0.5) is 8.78 Å². The van der Waals surface area contributed by atoms with Gasteiger partial charge in [-0.05, 0) is 18.6 Å². The van der Waals surface area contributed by atoms with Crippen LogP contribution in [0.1, 0.15) is 16.8 Å². The SMILES string of the molecule is O=Cc1cc(F)c(SCCCO)c(F)c1. The average Bonchev–Trinajstić information content (AvgIpc) is 2.22. The molecular formula is C10H10F2O2S. The van der Waals surface area contributed by atoms with E-state index in [1.165, 1.54) is 0 Å². The van der Waals surface area contributed by atoms with E-state index in [1.54, 1.807) is 0 Å². The molecule has 0 aliphatic heterocycles. The molecule has 0 aromatic heterocycles. The van der Waals surface area contributed by atoms with Gasteiger partial charge in [0, 0.05) is 17.9 Å². The van der Waals surface area contributed by atoms with E-state index in [9.17, 15) is 13.6 Å². The van der Waals surface area contributed by atoms with Crippen molar-refractivity contribution in [1.29, 1.82) is 0 Å². The van der Waals surface area contributed by atoms with Crippen molar-refractivity contribution >= 4 is 18.0 Å². The molecule has 2 nitrogen and oxygen atoms in total. The highest BCUT2D eigenvalue weighted by Crippen LogP contribution is 2.26. The molecule has 0 saturated carbocycles. The summed E-state index contributed by atoms with van der Waals surface area (Å²) in [6, 6.07) is 1.99. The first-order valence-electron chi connectivity index (χ1n) is 4.37. The number of hydrogen-bond donors (Lipinski definition) is 1. The number of carbonyl (C=O) groups is 1. The van der Waals surface area contributed by atoms with Gasteiger partial charge >= 0.3 is 0 Å². The fourth-order valence-corrected chi connectivity index (χ4v) is 1.90. The quantitative estimate of drug-likeness (QED) is 0.480. The lowest BCUT2D eigenvalue weighted by atomic mass is 10.2. The minimum atomic E-state index is -0.736. The van der Waals surface area contributed by atoms with Crippen LogP contribution in [0.5, 0.6) is 0 Å². The molecule has 0 saturated heterocycles. The molecule has 0 atom stereocenters. The number of thioether (sulfide) groups is 1. The molecule has 0 aliphatic rings. The second kappa shape index (κ2) is 5.82. The van der Waals surface area contributed by atoms with Crippen LogP contribution in [0.25, 0.3) is 0 Å². The van der Waals surface area contributed by atoms with Gasteiger partial charge in [0.2, 0.25) is 0 Å². The van der Waals surface area contributed by atoms with E-state index in [0.717, 1.165) is 23.9 Å². The second-order valence-electron chi connectivity index (χ2n) is 2.86. The smallest absolute Gasteiger partial charge is 0.150 e. The maximum Gasteiger partial charge on any atom is 0.150 e. The number of benzene rings is 1. The minimum absolute atomic E-state index is 0.0113. The molecule has 15 heavy (non-hydrogen) atoms. The zero-order valence-corrected chi connectivity index (χ0v) is 8.69. The molecule has 0 amide bonds. The Kier molecular flexibility index (Phi) is 4.71. The van der Waals surface area contributed by atoms with Gasteiger partial charge in [-0.25, -0.2) is 8.78 Å². The topological polar surface area (TPSA) is 37.3 Å². The summed E-state index contributed by atoms with van der Waals surface area (Å²) >= 11 is 0.992. The Labute approximate surface area is 90.3 Å². The highest BCUT2D eigenvalue weighted by Gasteiger charge is 2.11. The Morgan fingerprint density at radius 2 is 1.93 bits per heavy atom. The molecule has 1 aromatic rings. The molecule has 0 radical (unpaired) electrons. The van der Waals surface area contributed by atoms with Gasteiger partial charge in [-0.1, -0.05) is 0 Å². The lowest BCUT2D eigenvalue weighted by Crippen LogP contribution is -1.94. The minimum Gasteiger partial charge on any atom is -0.396 e. The van der Waals surface area contributed by atoms with Crippen LogP contribution in [-0.2, 0) is 0 Å². The van der Waals surface area contributed by atoms with Crippen molar-refractivity contribution in [3.63, 3.8) is 0 Å². The number of aliphatic hydroxyl groups excluding tert-OH is 1. The van der Waals surface area contributed by atoms with Crippen LogP contribution in [0.3, 0.4) is 0 Å². The third kappa shape index (κ3) is 3.28. The van der Waals surface area contributed by atoms with E-state index in [0.29, 0.717) is 18.5 Å². The Hall–Kier alpha value is -0.940. The van der Waals surface area contributed by atoms with E-state index in [1.807, 2.05) is 0 Å². The molecule has 1 rings (SSSR count). The summed E-state index contributed by atoms with van der Waals surface area (Å²) in [5.41, 5.74) is -0.0171. The molecular weight excluding hydrogens is 222 g/mol. The molecule has 1 N–H and O–H groups in total. The summed E-state index contributed by atoms with van der Waals surface area (Å²) < 4.78 is 26.5. The summed E-state index contributed by atoms with van der Waals surface area (Å²) in [6.45, 7) is -0.0113. The molecule has 0 fully saturated rings. The standard InChI is InChI=1S/C10H10F2O2S/c11-8-4-7(6-14)5-9(12)10(8)15-3-1-2-13/h4-6,13H,1-3H2. The zero-order valence-electron chi connectivity index (χ0n) is 7.87. The average molecular weight is 232 g/mol. The van der Waals surface area contributed by atoms with Gasteiger partial charge in [0.15, 0.2) is 0 Å². The Bertz CT molecular complexity index is 332. The number of aliphatic hydroxyl groups is 1. The normalized spacial score (nSPS) is 10.3. The lowest BCUT2D eigenvalue weighted by Gasteiger charge is -2.04. The van der Waals surface area contributed by atoms with Crippen molar-refractivity contribution in [2.75, 3.05) is 12.4 Å². The van der Waals surface area contributed by atoms with Crippen LogP contribution >= 0.6 is 11.8 Å². The van der Waals surface area contributed by atoms with Crippen LogP contribution in [0.15, 0.2) is 17.0 Å². The molecule has 0 unspecified atom stereocenters. The van der Waals surface area contributed by atoms with Crippen LogP contribution in [-0.4, -0.2) is 23.8 Å². The van der Waals surface area contributed by atoms with E-state index in [-0.39, 0.29) is 17.1 Å². The van der Waals surface area contributed by atoms with E-state index >= 15 is 0 Å². The molecule has 1 aromatic carbocycles. The summed E-state index contributed by atoms with van der Waals surface area (Å²) in [4.78, 5) is 10.2. The van der Waals surface area contributed by atoms with Gasteiger partial charge in [0.05, 0.1) is 4.90 Å². The molecule has 0 bridgehead atoms. The predicted molar refractivity (Wildman–Crippen MR) is 54.2 cm³/mol. The first-order chi connectivity index (χ1) is 7.19. The number of carbonyl (C=O) groups excluding carboxylic acids is 1. The van der Waals surface area contributed by atoms with Crippen molar-refractivity contribution in [1.82, 2.24) is 0 Å². The van der Waals surface area contributed by atoms with Gasteiger partial charge in [0.1, 0.15) is 17.9 Å². The van der Waals surface area contributed by atoms with Crippen LogP contribution in [0.2, 0.25) is 0 Å². The van der Waals surface area contributed by atoms with Crippen molar-refractivity contribution < 1.29 is 18.7 Å². The lowest BCUT2D eigenvalue weighted by molar-refractivity contribution is 0.112. The fourth-order valence-electron chi connectivity index (χ4n) is 1.02. The van der Waals surface area contributed by atoms with Gasteiger partial charge < -0.3 is 5.11 Å². The van der Waals surface area contributed by atoms with E-state index in [4.69, 9.17) is 5.11 Å². The second-order valence-corrected chi connectivity index (χ2v) is 3.96. The molecule has 0 aliphatic carbocycles. The number of rotatable bonds is 5. The van der Waals surface area contributed by atoms with E-state index < -0.39 is 11.6 Å².